The minimum absolute atomic E-state index is 0.0492. The maximum absolute atomic E-state index is 13.1. The topological polar surface area (TPSA) is 38.7 Å². The van der Waals surface area contributed by atoms with Crippen LogP contribution >= 0.6 is 0 Å². The molecule has 0 fully saturated rings. The average Bonchev–Trinajstić information content (AvgIpc) is 2.15. The number of carbonyl (C=O) groups excluding carboxylic acids is 1. The van der Waals surface area contributed by atoms with Gasteiger partial charge in [-0.3, -0.25) is 0 Å². The fourth-order valence-electron chi connectivity index (χ4n) is 0.889. The van der Waals surface area contributed by atoms with Crippen molar-refractivity contribution in [3.05, 3.63) is 24.0 Å². The molecule has 16 heavy (non-hydrogen) atoms. The summed E-state index contributed by atoms with van der Waals surface area (Å²) in [6.45, 7) is -1.58. The van der Waals surface area contributed by atoms with Crippen LogP contribution in [0.15, 0.2) is 23.2 Å². The molecule has 0 saturated heterocycles. The van der Waals surface area contributed by atoms with Crippen molar-refractivity contribution in [1.29, 1.82) is 0 Å². The zero-order valence-electron chi connectivity index (χ0n) is 7.71. The van der Waals surface area contributed by atoms with Crippen molar-refractivity contribution in [2.45, 2.75) is 6.18 Å². The van der Waals surface area contributed by atoms with Gasteiger partial charge < -0.3 is 4.74 Å². The second-order valence-corrected chi connectivity index (χ2v) is 2.72. The molecule has 0 amide bonds. The van der Waals surface area contributed by atoms with Crippen LogP contribution in [0.2, 0.25) is 0 Å². The zero-order valence-corrected chi connectivity index (χ0v) is 7.71. The minimum atomic E-state index is -4.54. The van der Waals surface area contributed by atoms with Gasteiger partial charge in [0.25, 0.3) is 0 Å². The van der Waals surface area contributed by atoms with Gasteiger partial charge in [0.2, 0.25) is 6.08 Å². The predicted octanol–water partition coefficient (Wildman–Crippen LogP) is 2.73. The molecule has 0 spiro atoms. The van der Waals surface area contributed by atoms with Crippen molar-refractivity contribution in [2.24, 2.45) is 4.99 Å². The number of benzene rings is 1. The Morgan fingerprint density at radius 1 is 1.38 bits per heavy atom. The summed E-state index contributed by atoms with van der Waals surface area (Å²) < 4.78 is 52.5. The number of hydrogen-bond donors (Lipinski definition) is 0. The molecule has 3 nitrogen and oxygen atoms in total. The van der Waals surface area contributed by atoms with E-state index in [-0.39, 0.29) is 5.69 Å². The summed E-state index contributed by atoms with van der Waals surface area (Å²) in [6.07, 6.45) is -3.36. The molecule has 0 N–H and O–H groups in total. The van der Waals surface area contributed by atoms with Crippen molar-refractivity contribution in [3.8, 4) is 5.75 Å². The quantitative estimate of drug-likeness (QED) is 0.459. The molecule has 0 saturated carbocycles. The number of isocyanates is 1. The van der Waals surface area contributed by atoms with E-state index in [0.29, 0.717) is 0 Å². The summed E-state index contributed by atoms with van der Waals surface area (Å²) in [6, 6.07) is 2.87. The van der Waals surface area contributed by atoms with Gasteiger partial charge in [0.05, 0.1) is 5.69 Å². The van der Waals surface area contributed by atoms with E-state index in [2.05, 4.69) is 9.73 Å². The molecule has 1 aromatic carbocycles. The summed E-state index contributed by atoms with van der Waals surface area (Å²) in [5, 5.41) is 0. The van der Waals surface area contributed by atoms with Gasteiger partial charge in [-0.25, -0.2) is 9.18 Å². The molecule has 0 aliphatic rings. The first-order valence-corrected chi connectivity index (χ1v) is 3.99. The number of ether oxygens (including phenoxy) is 1. The Bertz CT molecular complexity index is 424. The van der Waals surface area contributed by atoms with Crippen LogP contribution in [-0.2, 0) is 4.79 Å². The van der Waals surface area contributed by atoms with E-state index in [1.54, 1.807) is 0 Å². The lowest BCUT2D eigenvalue weighted by Crippen LogP contribution is -2.19. The van der Waals surface area contributed by atoms with E-state index in [0.717, 1.165) is 18.2 Å². The van der Waals surface area contributed by atoms with Crippen LogP contribution in [0.3, 0.4) is 0 Å². The number of hydrogen-bond acceptors (Lipinski definition) is 3. The summed E-state index contributed by atoms with van der Waals surface area (Å²) >= 11 is 0. The van der Waals surface area contributed by atoms with E-state index >= 15 is 0 Å². The lowest BCUT2D eigenvalue weighted by Gasteiger charge is -2.09. The molecule has 1 aromatic rings. The Labute approximate surface area is 87.4 Å². The van der Waals surface area contributed by atoms with Crippen LogP contribution in [-0.4, -0.2) is 18.9 Å². The number of halogens is 4. The van der Waals surface area contributed by atoms with Crippen molar-refractivity contribution in [2.75, 3.05) is 6.61 Å². The standard InChI is InChI=1S/C9H5F4NO2/c10-7-3-6(14-5-15)1-2-8(7)16-4-9(11,12)13/h1-3H,4H2. The maximum atomic E-state index is 13.1. The fraction of sp³-hybridized carbons (Fsp3) is 0.222. The molecule has 0 heterocycles. The number of alkyl halides is 3. The first kappa shape index (κ1) is 12.2. The molecule has 0 atom stereocenters. The molecular formula is C9H5F4NO2. The third-order valence-corrected chi connectivity index (χ3v) is 1.48. The van der Waals surface area contributed by atoms with Crippen LogP contribution in [0.5, 0.6) is 5.75 Å². The van der Waals surface area contributed by atoms with Gasteiger partial charge in [0.15, 0.2) is 18.2 Å². The van der Waals surface area contributed by atoms with Gasteiger partial charge in [-0.2, -0.15) is 18.2 Å². The Kier molecular flexibility index (Phi) is 3.63. The highest BCUT2D eigenvalue weighted by atomic mass is 19.4. The molecular weight excluding hydrogens is 230 g/mol. The number of aliphatic imine (C=N–C) groups is 1. The van der Waals surface area contributed by atoms with Crippen LogP contribution in [0.1, 0.15) is 0 Å². The second-order valence-electron chi connectivity index (χ2n) is 2.72. The normalized spacial score (nSPS) is 10.8. The van der Waals surface area contributed by atoms with Gasteiger partial charge in [0, 0.05) is 6.07 Å². The second kappa shape index (κ2) is 4.76. The number of rotatable bonds is 3. The Morgan fingerprint density at radius 2 is 2.06 bits per heavy atom. The summed E-state index contributed by atoms with van der Waals surface area (Å²) in [5.41, 5.74) is -0.0492. The van der Waals surface area contributed by atoms with Crippen LogP contribution in [0.4, 0.5) is 23.2 Å². The highest BCUT2D eigenvalue weighted by molar-refractivity contribution is 5.50. The van der Waals surface area contributed by atoms with E-state index < -0.39 is 24.3 Å². The maximum Gasteiger partial charge on any atom is 0.422 e. The van der Waals surface area contributed by atoms with Crippen molar-refractivity contribution < 1.29 is 27.1 Å². The van der Waals surface area contributed by atoms with Crippen molar-refractivity contribution >= 4 is 11.8 Å². The number of nitrogens with zero attached hydrogens (tertiary/aromatic N) is 1. The van der Waals surface area contributed by atoms with Gasteiger partial charge in [-0.05, 0) is 12.1 Å². The highest BCUT2D eigenvalue weighted by Gasteiger charge is 2.28. The molecule has 7 heteroatoms. The van der Waals surface area contributed by atoms with Crippen LogP contribution in [0.25, 0.3) is 0 Å². The smallest absolute Gasteiger partial charge is 0.422 e. The summed E-state index contributed by atoms with van der Waals surface area (Å²) in [5.74, 6) is -1.58. The predicted molar refractivity (Wildman–Crippen MR) is 45.7 cm³/mol. The van der Waals surface area contributed by atoms with E-state index in [9.17, 15) is 22.4 Å². The first-order valence-electron chi connectivity index (χ1n) is 3.99. The molecule has 0 aromatic heterocycles. The molecule has 0 aliphatic carbocycles. The van der Waals surface area contributed by atoms with Crippen molar-refractivity contribution in [3.63, 3.8) is 0 Å². The van der Waals surface area contributed by atoms with Crippen LogP contribution < -0.4 is 4.74 Å². The highest BCUT2D eigenvalue weighted by Crippen LogP contribution is 2.24. The van der Waals surface area contributed by atoms with Crippen molar-refractivity contribution in [1.82, 2.24) is 0 Å². The SMILES string of the molecule is O=C=Nc1ccc(OCC(F)(F)F)c(F)c1. The molecule has 0 bridgehead atoms. The van der Waals surface area contributed by atoms with Gasteiger partial charge in [-0.1, -0.05) is 0 Å². The first-order chi connectivity index (χ1) is 7.42. The lowest BCUT2D eigenvalue weighted by molar-refractivity contribution is -0.153. The minimum Gasteiger partial charge on any atom is -0.481 e. The summed E-state index contributed by atoms with van der Waals surface area (Å²) in [7, 11) is 0. The Morgan fingerprint density at radius 3 is 2.56 bits per heavy atom. The van der Waals surface area contributed by atoms with Gasteiger partial charge >= 0.3 is 6.18 Å². The fourth-order valence-corrected chi connectivity index (χ4v) is 0.889. The Hall–Kier alpha value is -1.88. The van der Waals surface area contributed by atoms with Gasteiger partial charge in [-0.15, -0.1) is 0 Å². The average molecular weight is 235 g/mol. The third-order valence-electron chi connectivity index (χ3n) is 1.48. The van der Waals surface area contributed by atoms with E-state index in [1.165, 1.54) is 6.08 Å². The molecule has 1 rings (SSSR count). The van der Waals surface area contributed by atoms with Gasteiger partial charge in [0.1, 0.15) is 0 Å². The molecule has 0 unspecified atom stereocenters. The zero-order chi connectivity index (χ0) is 12.2. The molecule has 86 valence electrons. The summed E-state index contributed by atoms with van der Waals surface area (Å²) in [4.78, 5) is 12.9. The molecule has 0 radical (unpaired) electrons. The molecule has 0 aliphatic heterocycles. The van der Waals surface area contributed by atoms with E-state index in [4.69, 9.17) is 0 Å². The Balaban J connectivity index is 2.79. The van der Waals surface area contributed by atoms with Crippen LogP contribution in [0, 0.1) is 5.82 Å². The van der Waals surface area contributed by atoms with E-state index in [1.807, 2.05) is 0 Å². The largest absolute Gasteiger partial charge is 0.481 e. The third kappa shape index (κ3) is 3.70. The monoisotopic (exact) mass is 235 g/mol. The lowest BCUT2D eigenvalue weighted by atomic mass is 10.3.